The highest BCUT2D eigenvalue weighted by atomic mass is 35.5. The Morgan fingerprint density at radius 3 is 2.51 bits per heavy atom. The topological polar surface area (TPSA) is 107 Å². The second-order valence-corrected chi connectivity index (χ2v) is 9.97. The standard InChI is InChI=1S/C28H25ClN4O3S/c1-16-8-4-5-10-21(16)33-27(35)25-18(3)31-28(19(14-30)26(25)23-12-7-13-36-23)37-15-24(34)32-22-11-6-9-20(29)17(22)2/h4-13,19,26H,15H2,1-3H3,(H,32,34)(H,33,35). The molecule has 2 N–H and O–H groups in total. The first-order chi connectivity index (χ1) is 17.8. The highest BCUT2D eigenvalue weighted by molar-refractivity contribution is 8.14. The van der Waals surface area contributed by atoms with Gasteiger partial charge in [0.05, 0.1) is 34.6 Å². The summed E-state index contributed by atoms with van der Waals surface area (Å²) in [6.07, 6.45) is 1.51. The van der Waals surface area contributed by atoms with Crippen molar-refractivity contribution in [2.24, 2.45) is 10.9 Å². The van der Waals surface area contributed by atoms with Crippen molar-refractivity contribution >= 4 is 51.6 Å². The van der Waals surface area contributed by atoms with Crippen LogP contribution in [0.4, 0.5) is 11.4 Å². The molecule has 0 bridgehead atoms. The van der Waals surface area contributed by atoms with Crippen molar-refractivity contribution in [1.29, 1.82) is 5.26 Å². The van der Waals surface area contributed by atoms with Crippen LogP contribution < -0.4 is 10.6 Å². The zero-order valence-corrected chi connectivity index (χ0v) is 22.1. The van der Waals surface area contributed by atoms with E-state index in [9.17, 15) is 14.9 Å². The van der Waals surface area contributed by atoms with Gasteiger partial charge >= 0.3 is 0 Å². The van der Waals surface area contributed by atoms with Gasteiger partial charge in [-0.3, -0.25) is 9.59 Å². The molecule has 0 saturated heterocycles. The molecular weight excluding hydrogens is 508 g/mol. The number of nitrogens with one attached hydrogen (secondary N) is 2. The number of allylic oxidation sites excluding steroid dienone is 1. The minimum Gasteiger partial charge on any atom is -0.469 e. The van der Waals surface area contributed by atoms with E-state index >= 15 is 0 Å². The predicted octanol–water partition coefficient (Wildman–Crippen LogP) is 6.47. The number of amides is 2. The monoisotopic (exact) mass is 532 g/mol. The van der Waals surface area contributed by atoms with Crippen LogP contribution >= 0.6 is 23.4 Å². The van der Waals surface area contributed by atoms with E-state index in [1.54, 1.807) is 37.3 Å². The Morgan fingerprint density at radius 2 is 1.81 bits per heavy atom. The summed E-state index contributed by atoms with van der Waals surface area (Å²) in [7, 11) is 0. The van der Waals surface area contributed by atoms with Gasteiger partial charge in [0.1, 0.15) is 11.7 Å². The van der Waals surface area contributed by atoms with Crippen molar-refractivity contribution < 1.29 is 14.0 Å². The quantitative estimate of drug-likeness (QED) is 0.378. The summed E-state index contributed by atoms with van der Waals surface area (Å²) >= 11 is 7.32. The molecule has 2 aromatic carbocycles. The average Bonchev–Trinajstić information content (AvgIpc) is 3.41. The number of aliphatic imine (C=N–C) groups is 1. The minimum absolute atomic E-state index is 0.0336. The van der Waals surface area contributed by atoms with E-state index in [1.807, 2.05) is 38.1 Å². The second kappa shape index (κ2) is 11.5. The number of carbonyl (C=O) groups excluding carboxylic acids is 2. The van der Waals surface area contributed by atoms with Gasteiger partial charge in [0.25, 0.3) is 5.91 Å². The van der Waals surface area contributed by atoms with E-state index < -0.39 is 11.8 Å². The third-order valence-corrected chi connectivity index (χ3v) is 7.55. The number of nitriles is 1. The van der Waals surface area contributed by atoms with Crippen LogP contribution in [0.5, 0.6) is 0 Å². The van der Waals surface area contributed by atoms with Gasteiger partial charge in [-0.1, -0.05) is 47.6 Å². The molecule has 0 saturated carbocycles. The molecule has 4 rings (SSSR count). The number of halogens is 1. The number of thioether (sulfide) groups is 1. The summed E-state index contributed by atoms with van der Waals surface area (Å²) in [5, 5.41) is 17.0. The fourth-order valence-electron chi connectivity index (χ4n) is 4.13. The maximum atomic E-state index is 13.5. The van der Waals surface area contributed by atoms with Crippen LogP contribution in [0.25, 0.3) is 0 Å². The van der Waals surface area contributed by atoms with Crippen LogP contribution in [0.15, 0.2) is 81.5 Å². The van der Waals surface area contributed by atoms with Crippen molar-refractivity contribution in [3.63, 3.8) is 0 Å². The van der Waals surface area contributed by atoms with Crippen molar-refractivity contribution in [2.75, 3.05) is 16.4 Å². The lowest BCUT2D eigenvalue weighted by Gasteiger charge is -2.28. The Bertz CT molecular complexity index is 1440. The zero-order chi connectivity index (χ0) is 26.5. The summed E-state index contributed by atoms with van der Waals surface area (Å²) in [5.74, 6) is -1.58. The van der Waals surface area contributed by atoms with E-state index in [-0.39, 0.29) is 17.6 Å². The van der Waals surface area contributed by atoms with Gasteiger partial charge < -0.3 is 15.1 Å². The Morgan fingerprint density at radius 1 is 1.05 bits per heavy atom. The number of hydrogen-bond donors (Lipinski definition) is 2. The highest BCUT2D eigenvalue weighted by Gasteiger charge is 2.40. The molecule has 1 aromatic heterocycles. The molecule has 2 amide bonds. The molecule has 3 aromatic rings. The lowest BCUT2D eigenvalue weighted by atomic mass is 9.81. The number of furan rings is 1. The molecule has 188 valence electrons. The molecule has 9 heteroatoms. The maximum absolute atomic E-state index is 13.5. The highest BCUT2D eigenvalue weighted by Crippen LogP contribution is 2.41. The Balaban J connectivity index is 1.60. The average molecular weight is 533 g/mol. The molecule has 2 unspecified atom stereocenters. The fraction of sp³-hybridized carbons (Fsp3) is 0.214. The van der Waals surface area contributed by atoms with E-state index in [4.69, 9.17) is 16.0 Å². The van der Waals surface area contributed by atoms with Crippen molar-refractivity contribution in [3.8, 4) is 6.07 Å². The SMILES string of the molecule is CC1=C(C(=O)Nc2ccccc2C)C(c2ccco2)C(C#N)C(SCC(=O)Nc2cccc(Cl)c2C)=N1. The normalized spacial score (nSPS) is 17.1. The molecule has 2 atom stereocenters. The lowest BCUT2D eigenvalue weighted by Crippen LogP contribution is -2.31. The number of nitrogens with zero attached hydrogens (tertiary/aromatic N) is 2. The first-order valence-electron chi connectivity index (χ1n) is 11.6. The predicted molar refractivity (Wildman–Crippen MR) is 148 cm³/mol. The van der Waals surface area contributed by atoms with Gasteiger partial charge in [-0.15, -0.1) is 0 Å². The number of anilines is 2. The van der Waals surface area contributed by atoms with Crippen molar-refractivity contribution in [2.45, 2.75) is 26.7 Å². The van der Waals surface area contributed by atoms with Crippen LogP contribution in [0.1, 0.15) is 29.7 Å². The first kappa shape index (κ1) is 26.3. The molecule has 0 aliphatic carbocycles. The molecule has 0 radical (unpaired) electrons. The van der Waals surface area contributed by atoms with Gasteiger partial charge in [-0.25, -0.2) is 4.99 Å². The Hall–Kier alpha value is -3.80. The van der Waals surface area contributed by atoms with Gasteiger partial charge in [-0.2, -0.15) is 5.26 Å². The van der Waals surface area contributed by atoms with Crippen LogP contribution in [0.3, 0.4) is 0 Å². The number of aryl methyl sites for hydroxylation is 1. The van der Waals surface area contributed by atoms with Gasteiger partial charge in [-0.05, 0) is 62.2 Å². The Kier molecular flexibility index (Phi) is 8.17. The van der Waals surface area contributed by atoms with Crippen molar-refractivity contribution in [3.05, 3.63) is 94.0 Å². The van der Waals surface area contributed by atoms with Gasteiger partial charge in [0.2, 0.25) is 5.91 Å². The number of rotatable bonds is 6. The van der Waals surface area contributed by atoms with Crippen LogP contribution in [0, 0.1) is 31.1 Å². The number of carbonyl (C=O) groups is 2. The minimum atomic E-state index is -0.807. The molecule has 0 fully saturated rings. The second-order valence-electron chi connectivity index (χ2n) is 8.57. The first-order valence-corrected chi connectivity index (χ1v) is 12.9. The molecule has 7 nitrogen and oxygen atoms in total. The molecule has 37 heavy (non-hydrogen) atoms. The van der Waals surface area contributed by atoms with Gasteiger partial charge in [0.15, 0.2) is 0 Å². The number of benzene rings is 2. The lowest BCUT2D eigenvalue weighted by molar-refractivity contribution is -0.114. The molecule has 0 spiro atoms. The molecular formula is C28H25ClN4O3S. The molecule has 1 aliphatic rings. The van der Waals surface area contributed by atoms with Crippen LogP contribution in [0.2, 0.25) is 5.02 Å². The van der Waals surface area contributed by atoms with Crippen LogP contribution in [-0.4, -0.2) is 22.6 Å². The summed E-state index contributed by atoms with van der Waals surface area (Å²) in [4.78, 5) is 30.8. The molecule has 1 aliphatic heterocycles. The van der Waals surface area contributed by atoms with E-state index in [1.165, 1.54) is 18.0 Å². The zero-order valence-electron chi connectivity index (χ0n) is 20.5. The fourth-order valence-corrected chi connectivity index (χ4v) is 5.23. The Labute approximate surface area is 224 Å². The number of hydrogen-bond acceptors (Lipinski definition) is 6. The van der Waals surface area contributed by atoms with E-state index in [0.717, 1.165) is 11.1 Å². The third-order valence-electron chi connectivity index (χ3n) is 6.10. The summed E-state index contributed by atoms with van der Waals surface area (Å²) < 4.78 is 5.66. The van der Waals surface area contributed by atoms with E-state index in [2.05, 4.69) is 21.7 Å². The van der Waals surface area contributed by atoms with Crippen molar-refractivity contribution in [1.82, 2.24) is 0 Å². The summed E-state index contributed by atoms with van der Waals surface area (Å²) in [6, 6.07) is 18.5. The van der Waals surface area contributed by atoms with Crippen LogP contribution in [-0.2, 0) is 9.59 Å². The van der Waals surface area contributed by atoms with E-state index in [0.29, 0.717) is 38.5 Å². The number of para-hydroxylation sites is 1. The smallest absolute Gasteiger partial charge is 0.254 e. The van der Waals surface area contributed by atoms with Gasteiger partial charge in [0, 0.05) is 22.1 Å². The molecule has 2 heterocycles. The largest absolute Gasteiger partial charge is 0.469 e. The summed E-state index contributed by atoms with van der Waals surface area (Å²) in [5.41, 5.74) is 3.81. The maximum Gasteiger partial charge on any atom is 0.254 e. The summed E-state index contributed by atoms with van der Waals surface area (Å²) in [6.45, 7) is 5.46. The third kappa shape index (κ3) is 5.79.